The Labute approximate surface area is 166 Å². The van der Waals surface area contributed by atoms with E-state index in [0.717, 1.165) is 0 Å². The zero-order valence-electron chi connectivity index (χ0n) is 15.6. The summed E-state index contributed by atoms with van der Waals surface area (Å²) in [7, 11) is -8.01. The monoisotopic (exact) mass is 434 g/mol. The van der Waals surface area contributed by atoms with Crippen LogP contribution in [0.25, 0.3) is 0 Å². The molecule has 0 aliphatic heterocycles. The van der Waals surface area contributed by atoms with Crippen LogP contribution in [-0.4, -0.2) is 49.4 Å². The molecular weight excluding hydrogens is 408 g/mol. The van der Waals surface area contributed by atoms with Gasteiger partial charge in [0.1, 0.15) is 0 Å². The number of benzene rings is 2. The van der Waals surface area contributed by atoms with Crippen LogP contribution in [0.4, 0.5) is 0 Å². The highest BCUT2D eigenvalue weighted by Crippen LogP contribution is 2.07. The second-order valence-corrected chi connectivity index (χ2v) is 8.74. The van der Waals surface area contributed by atoms with Crippen molar-refractivity contribution in [2.45, 2.75) is 23.6 Å². The van der Waals surface area contributed by atoms with Gasteiger partial charge in [-0.2, -0.15) is 16.8 Å². The third kappa shape index (κ3) is 11.1. The molecule has 10 heteroatoms. The highest BCUT2D eigenvalue weighted by atomic mass is 32.2. The van der Waals surface area contributed by atoms with Gasteiger partial charge in [0.05, 0.1) is 9.79 Å². The van der Waals surface area contributed by atoms with E-state index < -0.39 is 20.2 Å². The van der Waals surface area contributed by atoms with Gasteiger partial charge >= 0.3 is 0 Å². The Balaban J connectivity index is 0.000000394. The van der Waals surface area contributed by atoms with Gasteiger partial charge < -0.3 is 10.2 Å². The first-order valence-corrected chi connectivity index (χ1v) is 11.1. The molecule has 0 aliphatic rings. The van der Waals surface area contributed by atoms with Crippen molar-refractivity contribution in [2.24, 2.45) is 11.8 Å². The normalized spacial score (nSPS) is 13.2. The molecule has 2 aromatic carbocycles. The molecule has 8 nitrogen and oxygen atoms in total. The molecule has 2 rings (SSSR count). The standard InChI is InChI=1S/2C6H6O3S.C6H14O2/c2*7-10(8,9)6-4-2-1-3-5-6;1-5(3-7)6(2)4-8/h2*1-5H,(H,7,8,9);5-8H,3-4H2,1-2H3. The first kappa shape index (κ1) is 26.2. The van der Waals surface area contributed by atoms with Crippen molar-refractivity contribution in [1.82, 2.24) is 0 Å². The number of aliphatic hydroxyl groups excluding tert-OH is 2. The Bertz CT molecular complexity index is 791. The summed E-state index contributed by atoms with van der Waals surface area (Å²) in [5.41, 5.74) is 0. The molecule has 0 radical (unpaired) electrons. The second kappa shape index (κ2) is 12.6. The van der Waals surface area contributed by atoms with Gasteiger partial charge in [0.25, 0.3) is 20.2 Å². The first-order valence-electron chi connectivity index (χ1n) is 8.20. The molecule has 28 heavy (non-hydrogen) atoms. The SMILES string of the molecule is CC(CO)C(C)CO.O=S(=O)(O)c1ccccc1.O=S(=O)(O)c1ccccc1. The first-order chi connectivity index (χ1) is 12.9. The van der Waals surface area contributed by atoms with Crippen molar-refractivity contribution in [3.8, 4) is 0 Å². The fourth-order valence-electron chi connectivity index (χ4n) is 1.54. The molecule has 2 aromatic rings. The van der Waals surface area contributed by atoms with Gasteiger partial charge in [0.15, 0.2) is 0 Å². The third-order valence-corrected chi connectivity index (χ3v) is 5.37. The summed E-state index contributed by atoms with van der Waals surface area (Å²) >= 11 is 0. The molecule has 0 heterocycles. The van der Waals surface area contributed by atoms with Gasteiger partial charge in [0, 0.05) is 13.2 Å². The summed E-state index contributed by atoms with van der Waals surface area (Å²) in [6.45, 7) is 4.17. The number of aliphatic hydroxyl groups is 2. The third-order valence-electron chi connectivity index (χ3n) is 3.63. The largest absolute Gasteiger partial charge is 0.396 e. The van der Waals surface area contributed by atoms with E-state index in [4.69, 9.17) is 19.3 Å². The summed E-state index contributed by atoms with van der Waals surface area (Å²) in [5, 5.41) is 17.1. The summed E-state index contributed by atoms with van der Waals surface area (Å²) in [4.78, 5) is -0.148. The van der Waals surface area contributed by atoms with Crippen molar-refractivity contribution in [3.05, 3.63) is 60.7 Å². The lowest BCUT2D eigenvalue weighted by molar-refractivity contribution is 0.141. The molecule has 0 saturated carbocycles. The van der Waals surface area contributed by atoms with E-state index in [0.29, 0.717) is 0 Å². The van der Waals surface area contributed by atoms with E-state index in [-0.39, 0.29) is 34.8 Å². The summed E-state index contributed by atoms with van der Waals surface area (Å²) in [5.74, 6) is 0.444. The fraction of sp³-hybridized carbons (Fsp3) is 0.333. The number of hydrogen-bond acceptors (Lipinski definition) is 6. The minimum Gasteiger partial charge on any atom is -0.396 e. The van der Waals surface area contributed by atoms with Crippen LogP contribution in [0.15, 0.2) is 70.5 Å². The lowest BCUT2D eigenvalue weighted by Crippen LogP contribution is -2.15. The molecule has 0 bridgehead atoms. The van der Waals surface area contributed by atoms with Crippen LogP contribution in [0, 0.1) is 11.8 Å². The van der Waals surface area contributed by atoms with E-state index >= 15 is 0 Å². The zero-order valence-corrected chi connectivity index (χ0v) is 17.2. The second-order valence-electron chi connectivity index (χ2n) is 5.90. The average Bonchev–Trinajstić information content (AvgIpc) is 2.68. The Morgan fingerprint density at radius 1 is 0.643 bits per heavy atom. The van der Waals surface area contributed by atoms with Crippen LogP contribution in [0.5, 0.6) is 0 Å². The van der Waals surface area contributed by atoms with E-state index in [1.807, 2.05) is 13.8 Å². The van der Waals surface area contributed by atoms with Crippen molar-refractivity contribution >= 4 is 20.2 Å². The van der Waals surface area contributed by atoms with Crippen LogP contribution in [0.1, 0.15) is 13.8 Å². The van der Waals surface area contributed by atoms with Gasteiger partial charge in [0.2, 0.25) is 0 Å². The maximum atomic E-state index is 10.4. The van der Waals surface area contributed by atoms with Crippen molar-refractivity contribution in [2.75, 3.05) is 13.2 Å². The van der Waals surface area contributed by atoms with Gasteiger partial charge in [-0.3, -0.25) is 9.11 Å². The zero-order chi connectivity index (χ0) is 21.8. The van der Waals surface area contributed by atoms with Crippen molar-refractivity contribution in [3.63, 3.8) is 0 Å². The van der Waals surface area contributed by atoms with Crippen molar-refractivity contribution < 1.29 is 36.2 Å². The molecule has 0 aromatic heterocycles. The van der Waals surface area contributed by atoms with Crippen LogP contribution >= 0.6 is 0 Å². The number of rotatable bonds is 5. The van der Waals surface area contributed by atoms with Crippen molar-refractivity contribution in [1.29, 1.82) is 0 Å². The summed E-state index contributed by atoms with van der Waals surface area (Å²) < 4.78 is 58.5. The van der Waals surface area contributed by atoms with Crippen LogP contribution < -0.4 is 0 Å². The maximum Gasteiger partial charge on any atom is 0.294 e. The molecule has 0 fully saturated rings. The molecule has 4 N–H and O–H groups in total. The van der Waals surface area contributed by atoms with E-state index in [9.17, 15) is 16.8 Å². The maximum absolute atomic E-state index is 10.4. The van der Waals surface area contributed by atoms with E-state index in [1.54, 1.807) is 36.4 Å². The lowest BCUT2D eigenvalue weighted by Gasteiger charge is -2.13. The Morgan fingerprint density at radius 2 is 0.893 bits per heavy atom. The minimum atomic E-state index is -4.00. The highest BCUT2D eigenvalue weighted by Gasteiger charge is 2.08. The van der Waals surface area contributed by atoms with E-state index in [2.05, 4.69) is 0 Å². The lowest BCUT2D eigenvalue weighted by atomic mass is 9.98. The summed E-state index contributed by atoms with van der Waals surface area (Å²) in [6.07, 6.45) is 0. The minimum absolute atomic E-state index is 0.0741. The van der Waals surface area contributed by atoms with Gasteiger partial charge in [-0.1, -0.05) is 50.2 Å². The molecular formula is C18H26O8S2. The molecule has 2 unspecified atom stereocenters. The Morgan fingerprint density at radius 3 is 1.04 bits per heavy atom. The van der Waals surface area contributed by atoms with Crippen LogP contribution in [-0.2, 0) is 20.2 Å². The highest BCUT2D eigenvalue weighted by molar-refractivity contribution is 7.86. The topological polar surface area (TPSA) is 149 Å². The predicted octanol–water partition coefficient (Wildman–Crippen LogP) is 2.11. The van der Waals surface area contributed by atoms with Gasteiger partial charge in [-0.25, -0.2) is 0 Å². The van der Waals surface area contributed by atoms with Crippen LogP contribution in [0.2, 0.25) is 0 Å². The van der Waals surface area contributed by atoms with E-state index in [1.165, 1.54) is 24.3 Å². The molecule has 0 amide bonds. The predicted molar refractivity (Wildman–Crippen MR) is 105 cm³/mol. The average molecular weight is 435 g/mol. The Kier molecular flexibility index (Phi) is 11.8. The summed E-state index contributed by atoms with van der Waals surface area (Å²) in [6, 6.07) is 14.8. The smallest absolute Gasteiger partial charge is 0.294 e. The number of hydrogen-bond donors (Lipinski definition) is 4. The molecule has 158 valence electrons. The quantitative estimate of drug-likeness (QED) is 0.523. The molecule has 0 spiro atoms. The van der Waals surface area contributed by atoms with Gasteiger partial charge in [-0.05, 0) is 36.1 Å². The Hall–Kier alpha value is -1.82. The molecule has 2 atom stereocenters. The fourth-order valence-corrected chi connectivity index (χ4v) is 2.55. The van der Waals surface area contributed by atoms with Crippen LogP contribution in [0.3, 0.4) is 0 Å². The molecule has 0 saturated heterocycles. The molecule has 0 aliphatic carbocycles. The van der Waals surface area contributed by atoms with Gasteiger partial charge in [-0.15, -0.1) is 0 Å².